The SMILES string of the molecule is CN(C)C(=O)Sc1ccc(NC(=O)c2cccnc2SC2CCCC2)cc1. The first kappa shape index (κ1) is 19.8. The van der Waals surface area contributed by atoms with Crippen LogP contribution in [0.5, 0.6) is 0 Å². The average Bonchev–Trinajstić information content (AvgIpc) is 3.16. The number of hydrogen-bond acceptors (Lipinski definition) is 5. The Morgan fingerprint density at radius 2 is 1.81 bits per heavy atom. The minimum absolute atomic E-state index is 0.0317. The fourth-order valence-electron chi connectivity index (χ4n) is 2.82. The maximum atomic E-state index is 12.7. The quantitative estimate of drug-likeness (QED) is 0.703. The maximum Gasteiger partial charge on any atom is 0.285 e. The molecule has 3 rings (SSSR count). The van der Waals surface area contributed by atoms with Gasteiger partial charge in [0.2, 0.25) is 0 Å². The van der Waals surface area contributed by atoms with Crippen LogP contribution in [0.25, 0.3) is 0 Å². The molecule has 2 aromatic rings. The Labute approximate surface area is 168 Å². The molecule has 0 saturated heterocycles. The molecule has 2 amide bonds. The van der Waals surface area contributed by atoms with Gasteiger partial charge < -0.3 is 10.2 Å². The molecule has 0 radical (unpaired) electrons. The van der Waals surface area contributed by atoms with Gasteiger partial charge in [-0.3, -0.25) is 9.59 Å². The molecule has 0 unspecified atom stereocenters. The first-order chi connectivity index (χ1) is 13.0. The predicted molar refractivity (Wildman–Crippen MR) is 112 cm³/mol. The summed E-state index contributed by atoms with van der Waals surface area (Å²) >= 11 is 2.87. The summed E-state index contributed by atoms with van der Waals surface area (Å²) < 4.78 is 0. The first-order valence-electron chi connectivity index (χ1n) is 8.95. The summed E-state index contributed by atoms with van der Waals surface area (Å²) in [4.78, 5) is 31.3. The number of hydrogen-bond donors (Lipinski definition) is 1. The standard InChI is InChI=1S/C20H23N3O2S2/c1-23(2)20(25)27-16-11-9-14(10-12-16)22-18(24)17-8-5-13-21-19(17)26-15-6-3-4-7-15/h5,8-13,15H,3-4,6-7H2,1-2H3,(H,22,24). The lowest BCUT2D eigenvalue weighted by Crippen LogP contribution is -2.16. The van der Waals surface area contributed by atoms with Gasteiger partial charge in [0.25, 0.3) is 11.1 Å². The maximum absolute atomic E-state index is 12.7. The van der Waals surface area contributed by atoms with Crippen molar-refractivity contribution in [3.8, 4) is 0 Å². The lowest BCUT2D eigenvalue weighted by atomic mass is 10.2. The molecule has 1 aliphatic carbocycles. The summed E-state index contributed by atoms with van der Waals surface area (Å²) in [6, 6.07) is 10.9. The average molecular weight is 402 g/mol. The van der Waals surface area contributed by atoms with Crippen LogP contribution >= 0.6 is 23.5 Å². The summed E-state index contributed by atoms with van der Waals surface area (Å²) in [6.45, 7) is 0. The van der Waals surface area contributed by atoms with Gasteiger partial charge in [0.05, 0.1) is 5.56 Å². The van der Waals surface area contributed by atoms with Gasteiger partial charge in [0, 0.05) is 36.1 Å². The molecule has 0 bridgehead atoms. The molecular weight excluding hydrogens is 378 g/mol. The van der Waals surface area contributed by atoms with Crippen molar-refractivity contribution >= 4 is 40.4 Å². The van der Waals surface area contributed by atoms with Gasteiger partial charge in [-0.2, -0.15) is 0 Å². The van der Waals surface area contributed by atoms with Crippen LogP contribution < -0.4 is 5.32 Å². The normalized spacial score (nSPS) is 14.1. The lowest BCUT2D eigenvalue weighted by molar-refractivity contribution is 0.102. The highest BCUT2D eigenvalue weighted by atomic mass is 32.2. The summed E-state index contributed by atoms with van der Waals surface area (Å²) in [7, 11) is 3.44. The van der Waals surface area contributed by atoms with E-state index in [-0.39, 0.29) is 11.1 Å². The highest BCUT2D eigenvalue weighted by Gasteiger charge is 2.20. The van der Waals surface area contributed by atoms with E-state index >= 15 is 0 Å². The zero-order chi connectivity index (χ0) is 19.2. The zero-order valence-electron chi connectivity index (χ0n) is 15.5. The third kappa shape index (κ3) is 5.49. The number of carbonyl (C=O) groups is 2. The fourth-order valence-corrected chi connectivity index (χ4v) is 4.77. The molecule has 1 saturated carbocycles. The van der Waals surface area contributed by atoms with Crippen LogP contribution in [0.2, 0.25) is 0 Å². The second-order valence-corrected chi connectivity index (χ2v) is 8.94. The van der Waals surface area contributed by atoms with E-state index in [1.165, 1.54) is 30.6 Å². The molecule has 27 heavy (non-hydrogen) atoms. The Morgan fingerprint density at radius 3 is 2.48 bits per heavy atom. The Kier molecular flexibility index (Phi) is 6.79. The van der Waals surface area contributed by atoms with Gasteiger partial charge in [-0.15, -0.1) is 11.8 Å². The second-order valence-electron chi connectivity index (χ2n) is 6.62. The molecule has 5 nitrogen and oxygen atoms in total. The third-order valence-electron chi connectivity index (χ3n) is 4.28. The second kappa shape index (κ2) is 9.28. The number of amides is 2. The van der Waals surface area contributed by atoms with Crippen LogP contribution in [0.4, 0.5) is 10.5 Å². The number of benzene rings is 1. The number of thioether (sulfide) groups is 2. The molecule has 1 aromatic carbocycles. The predicted octanol–water partition coefficient (Wildman–Crippen LogP) is 5.14. The summed E-state index contributed by atoms with van der Waals surface area (Å²) in [5.74, 6) is -0.159. The third-order valence-corrected chi connectivity index (χ3v) is 6.68. The van der Waals surface area contributed by atoms with Gasteiger partial charge in [-0.25, -0.2) is 4.98 Å². The van der Waals surface area contributed by atoms with E-state index in [0.29, 0.717) is 16.5 Å². The van der Waals surface area contributed by atoms with E-state index in [0.717, 1.165) is 21.7 Å². The number of nitrogens with zero attached hydrogens (tertiary/aromatic N) is 2. The minimum Gasteiger partial charge on any atom is -0.339 e. The first-order valence-corrected chi connectivity index (χ1v) is 10.6. The van der Waals surface area contributed by atoms with Gasteiger partial charge in [-0.1, -0.05) is 12.8 Å². The van der Waals surface area contributed by atoms with Crippen LogP contribution in [0, 0.1) is 0 Å². The van der Waals surface area contributed by atoms with E-state index in [9.17, 15) is 9.59 Å². The Hall–Kier alpha value is -1.99. The largest absolute Gasteiger partial charge is 0.339 e. The molecule has 1 aliphatic rings. The molecule has 1 N–H and O–H groups in total. The molecule has 142 valence electrons. The van der Waals surface area contributed by atoms with Gasteiger partial charge >= 0.3 is 0 Å². The molecule has 1 heterocycles. The summed E-state index contributed by atoms with van der Waals surface area (Å²) in [6.07, 6.45) is 6.63. The van der Waals surface area contributed by atoms with Gasteiger partial charge in [0.15, 0.2) is 0 Å². The van der Waals surface area contributed by atoms with Crippen molar-refractivity contribution in [2.24, 2.45) is 0 Å². The lowest BCUT2D eigenvalue weighted by Gasteiger charge is -2.12. The van der Waals surface area contributed by atoms with Crippen LogP contribution in [0.1, 0.15) is 36.0 Å². The van der Waals surface area contributed by atoms with Crippen molar-refractivity contribution in [1.29, 1.82) is 0 Å². The van der Waals surface area contributed by atoms with Crippen molar-refractivity contribution < 1.29 is 9.59 Å². The zero-order valence-corrected chi connectivity index (χ0v) is 17.1. The molecule has 0 spiro atoms. The van der Waals surface area contributed by atoms with Crippen molar-refractivity contribution in [1.82, 2.24) is 9.88 Å². The molecule has 0 aliphatic heterocycles. The van der Waals surface area contributed by atoms with E-state index in [2.05, 4.69) is 10.3 Å². The van der Waals surface area contributed by atoms with Crippen molar-refractivity contribution in [3.05, 3.63) is 48.2 Å². The number of carbonyl (C=O) groups excluding carboxylic acids is 2. The highest BCUT2D eigenvalue weighted by molar-refractivity contribution is 8.13. The van der Waals surface area contributed by atoms with E-state index in [1.807, 2.05) is 30.3 Å². The summed E-state index contributed by atoms with van der Waals surface area (Å²) in [5, 5.41) is 4.25. The molecular formula is C20H23N3O2S2. The highest BCUT2D eigenvalue weighted by Crippen LogP contribution is 2.35. The van der Waals surface area contributed by atoms with Crippen LogP contribution in [-0.2, 0) is 0 Å². The number of rotatable bonds is 5. The number of aromatic nitrogens is 1. The number of pyridine rings is 1. The molecule has 0 atom stereocenters. The smallest absolute Gasteiger partial charge is 0.285 e. The van der Waals surface area contributed by atoms with E-state index < -0.39 is 0 Å². The van der Waals surface area contributed by atoms with Crippen LogP contribution in [-0.4, -0.2) is 40.4 Å². The molecule has 7 heteroatoms. The monoisotopic (exact) mass is 401 g/mol. The number of nitrogens with one attached hydrogen (secondary N) is 1. The van der Waals surface area contributed by atoms with Crippen LogP contribution in [0.3, 0.4) is 0 Å². The van der Waals surface area contributed by atoms with Crippen LogP contribution in [0.15, 0.2) is 52.5 Å². The fraction of sp³-hybridized carbons (Fsp3) is 0.350. The van der Waals surface area contributed by atoms with Gasteiger partial charge in [0.1, 0.15) is 5.03 Å². The molecule has 1 fully saturated rings. The Bertz CT molecular complexity index is 803. The number of anilines is 1. The van der Waals surface area contributed by atoms with Crippen molar-refractivity contribution in [3.63, 3.8) is 0 Å². The topological polar surface area (TPSA) is 62.3 Å². The Balaban J connectivity index is 1.66. The molecule has 1 aromatic heterocycles. The van der Waals surface area contributed by atoms with E-state index in [1.54, 1.807) is 38.1 Å². The summed E-state index contributed by atoms with van der Waals surface area (Å²) in [5.41, 5.74) is 1.30. The van der Waals surface area contributed by atoms with Crippen molar-refractivity contribution in [2.75, 3.05) is 19.4 Å². The minimum atomic E-state index is -0.159. The van der Waals surface area contributed by atoms with E-state index in [4.69, 9.17) is 0 Å². The Morgan fingerprint density at radius 1 is 1.11 bits per heavy atom. The van der Waals surface area contributed by atoms with Crippen molar-refractivity contribution in [2.45, 2.75) is 40.9 Å². The van der Waals surface area contributed by atoms with Gasteiger partial charge in [-0.05, 0) is 61.0 Å².